The highest BCUT2D eigenvalue weighted by atomic mass is 16.5. The Morgan fingerprint density at radius 2 is 1.46 bits per heavy atom. The van der Waals surface area contributed by atoms with Crippen molar-refractivity contribution < 1.29 is 18.7 Å². The van der Waals surface area contributed by atoms with Gasteiger partial charge in [-0.2, -0.15) is 0 Å². The van der Waals surface area contributed by atoms with Crippen molar-refractivity contribution in [1.82, 2.24) is 4.90 Å². The molecule has 0 N–H and O–H groups in total. The predicted molar refractivity (Wildman–Crippen MR) is 106 cm³/mol. The van der Waals surface area contributed by atoms with Gasteiger partial charge in [0.25, 0.3) is 5.91 Å². The monoisotopic (exact) mass is 375 g/mol. The van der Waals surface area contributed by atoms with E-state index in [1.165, 1.54) is 18.4 Å². The van der Waals surface area contributed by atoms with Crippen molar-refractivity contribution in [1.29, 1.82) is 0 Å². The number of hydrogen-bond donors (Lipinski definition) is 0. The Morgan fingerprint density at radius 1 is 0.857 bits per heavy atom. The van der Waals surface area contributed by atoms with E-state index in [9.17, 15) is 9.59 Å². The summed E-state index contributed by atoms with van der Waals surface area (Å²) in [5, 5.41) is 0. The summed E-state index contributed by atoms with van der Waals surface area (Å²) in [5.41, 5.74) is 2.02. The maximum absolute atomic E-state index is 12.7. The second kappa shape index (κ2) is 9.92. The largest absolute Gasteiger partial charge is 0.465 e. The molecule has 5 nitrogen and oxygen atoms in total. The fourth-order valence-corrected chi connectivity index (χ4v) is 2.65. The van der Waals surface area contributed by atoms with Crippen LogP contribution in [0.3, 0.4) is 0 Å². The summed E-state index contributed by atoms with van der Waals surface area (Å²) in [6, 6.07) is 22.9. The first-order valence-corrected chi connectivity index (χ1v) is 8.94. The Hall–Kier alpha value is -3.60. The molecule has 0 aliphatic heterocycles. The number of rotatable bonds is 8. The van der Waals surface area contributed by atoms with Gasteiger partial charge < -0.3 is 14.1 Å². The molecule has 0 aliphatic rings. The average Bonchev–Trinajstić information content (AvgIpc) is 3.25. The van der Waals surface area contributed by atoms with E-state index in [0.717, 1.165) is 11.1 Å². The number of hydrogen-bond acceptors (Lipinski definition) is 4. The predicted octanol–water partition coefficient (Wildman–Crippen LogP) is 4.07. The fourth-order valence-electron chi connectivity index (χ4n) is 2.65. The zero-order valence-corrected chi connectivity index (χ0v) is 15.4. The molecule has 0 bridgehead atoms. The van der Waals surface area contributed by atoms with E-state index in [-0.39, 0.29) is 12.5 Å². The van der Waals surface area contributed by atoms with Gasteiger partial charge in [0.15, 0.2) is 6.61 Å². The summed E-state index contributed by atoms with van der Waals surface area (Å²) in [6.45, 7) is 0.559. The minimum Gasteiger partial charge on any atom is -0.465 e. The summed E-state index contributed by atoms with van der Waals surface area (Å²) >= 11 is 0. The Labute approximate surface area is 163 Å². The topological polar surface area (TPSA) is 59.8 Å². The van der Waals surface area contributed by atoms with Gasteiger partial charge >= 0.3 is 5.97 Å². The molecule has 0 fully saturated rings. The van der Waals surface area contributed by atoms with Crippen molar-refractivity contribution in [2.45, 2.75) is 13.1 Å². The van der Waals surface area contributed by atoms with E-state index in [1.807, 2.05) is 60.7 Å². The van der Waals surface area contributed by atoms with Crippen molar-refractivity contribution in [3.63, 3.8) is 0 Å². The van der Waals surface area contributed by atoms with Gasteiger partial charge in [-0.15, -0.1) is 0 Å². The van der Waals surface area contributed by atoms with Crippen LogP contribution in [0, 0.1) is 0 Å². The third-order valence-corrected chi connectivity index (χ3v) is 4.05. The van der Waals surface area contributed by atoms with E-state index < -0.39 is 5.97 Å². The molecule has 142 valence electrons. The molecule has 1 aromatic heterocycles. The molecule has 0 atom stereocenters. The van der Waals surface area contributed by atoms with Crippen molar-refractivity contribution in [2.24, 2.45) is 0 Å². The number of furan rings is 1. The lowest BCUT2D eigenvalue weighted by molar-refractivity contribution is -0.148. The number of amides is 1. The first-order valence-electron chi connectivity index (χ1n) is 8.94. The fraction of sp³-hybridized carbons (Fsp3) is 0.130. The molecule has 0 unspecified atom stereocenters. The molecule has 1 heterocycles. The molecule has 0 spiro atoms. The molecule has 0 saturated carbocycles. The average molecular weight is 375 g/mol. The maximum Gasteiger partial charge on any atom is 0.331 e. The van der Waals surface area contributed by atoms with Gasteiger partial charge in [0.05, 0.1) is 6.26 Å². The van der Waals surface area contributed by atoms with Gasteiger partial charge in [-0.05, 0) is 29.3 Å². The Morgan fingerprint density at radius 3 is 2.00 bits per heavy atom. The van der Waals surface area contributed by atoms with Crippen LogP contribution in [0.5, 0.6) is 0 Å². The van der Waals surface area contributed by atoms with Gasteiger partial charge in [0.2, 0.25) is 0 Å². The molecule has 3 aromatic rings. The number of carbonyl (C=O) groups excluding carboxylic acids is 2. The van der Waals surface area contributed by atoms with Crippen molar-refractivity contribution in [3.05, 3.63) is 102 Å². The second-order valence-corrected chi connectivity index (χ2v) is 6.18. The lowest BCUT2D eigenvalue weighted by Crippen LogP contribution is -2.33. The highest BCUT2D eigenvalue weighted by Gasteiger charge is 2.16. The minimum absolute atomic E-state index is 0.257. The molecule has 5 heteroatoms. The first kappa shape index (κ1) is 19.2. The Bertz CT molecular complexity index is 861. The zero-order valence-electron chi connectivity index (χ0n) is 15.4. The van der Waals surface area contributed by atoms with Crippen LogP contribution in [0.1, 0.15) is 16.9 Å². The van der Waals surface area contributed by atoms with Crippen LogP contribution in [-0.4, -0.2) is 23.4 Å². The van der Waals surface area contributed by atoms with Crippen LogP contribution in [0.4, 0.5) is 0 Å². The van der Waals surface area contributed by atoms with E-state index in [4.69, 9.17) is 9.15 Å². The molecular formula is C23H21NO4. The third kappa shape index (κ3) is 5.99. The summed E-state index contributed by atoms with van der Waals surface area (Å²) in [5.74, 6) is -0.311. The van der Waals surface area contributed by atoms with Crippen molar-refractivity contribution >= 4 is 18.0 Å². The van der Waals surface area contributed by atoms with Gasteiger partial charge in [-0.1, -0.05) is 60.7 Å². The molecule has 0 saturated heterocycles. The smallest absolute Gasteiger partial charge is 0.331 e. The standard InChI is InChI=1S/C23H21NO4/c25-22(18-28-23(26)14-13-21-12-7-15-27-21)24(16-19-8-3-1-4-9-19)17-20-10-5-2-6-11-20/h1-15H,16-18H2/b14-13+. The quantitative estimate of drug-likeness (QED) is 0.440. The van der Waals surface area contributed by atoms with E-state index in [1.54, 1.807) is 17.0 Å². The normalized spacial score (nSPS) is 10.7. The third-order valence-electron chi connectivity index (χ3n) is 4.05. The second-order valence-electron chi connectivity index (χ2n) is 6.18. The molecule has 3 rings (SSSR count). The molecule has 0 aliphatic carbocycles. The number of nitrogens with zero attached hydrogens (tertiary/aromatic N) is 1. The first-order chi connectivity index (χ1) is 13.7. The summed E-state index contributed by atoms with van der Waals surface area (Å²) in [4.78, 5) is 26.2. The van der Waals surface area contributed by atoms with E-state index in [2.05, 4.69) is 0 Å². The van der Waals surface area contributed by atoms with Crippen LogP contribution in [0.2, 0.25) is 0 Å². The van der Waals surface area contributed by atoms with Crippen LogP contribution in [0.15, 0.2) is 89.6 Å². The van der Waals surface area contributed by atoms with Crippen molar-refractivity contribution in [3.8, 4) is 0 Å². The Balaban J connectivity index is 1.61. The molecule has 28 heavy (non-hydrogen) atoms. The highest BCUT2D eigenvalue weighted by Crippen LogP contribution is 2.11. The summed E-state index contributed by atoms with van der Waals surface area (Å²) in [7, 11) is 0. The van der Waals surface area contributed by atoms with E-state index >= 15 is 0 Å². The lowest BCUT2D eigenvalue weighted by Gasteiger charge is -2.23. The number of carbonyl (C=O) groups is 2. The highest BCUT2D eigenvalue weighted by molar-refractivity contribution is 5.88. The maximum atomic E-state index is 12.7. The number of benzene rings is 2. The van der Waals surface area contributed by atoms with Crippen LogP contribution in [0.25, 0.3) is 6.08 Å². The lowest BCUT2D eigenvalue weighted by atomic mass is 10.1. The van der Waals surface area contributed by atoms with E-state index in [0.29, 0.717) is 18.8 Å². The Kier molecular flexibility index (Phi) is 6.79. The molecular weight excluding hydrogens is 354 g/mol. The summed E-state index contributed by atoms with van der Waals surface area (Å²) < 4.78 is 10.2. The van der Waals surface area contributed by atoms with Crippen LogP contribution in [-0.2, 0) is 27.4 Å². The number of ether oxygens (including phenoxy) is 1. The zero-order chi connectivity index (χ0) is 19.6. The van der Waals surface area contributed by atoms with Gasteiger partial charge in [0.1, 0.15) is 5.76 Å². The molecule has 1 amide bonds. The minimum atomic E-state index is -0.593. The number of esters is 1. The summed E-state index contributed by atoms with van der Waals surface area (Å²) in [6.07, 6.45) is 4.25. The SMILES string of the molecule is O=C(/C=C/c1ccco1)OCC(=O)N(Cc1ccccc1)Cc1ccccc1. The van der Waals surface area contributed by atoms with Crippen molar-refractivity contribution in [2.75, 3.05) is 6.61 Å². The van der Waals surface area contributed by atoms with Gasteiger partial charge in [0, 0.05) is 19.2 Å². The molecule has 2 aromatic carbocycles. The molecule has 0 radical (unpaired) electrons. The van der Waals surface area contributed by atoms with Crippen LogP contribution < -0.4 is 0 Å². The van der Waals surface area contributed by atoms with Gasteiger partial charge in [-0.3, -0.25) is 4.79 Å². The van der Waals surface area contributed by atoms with Gasteiger partial charge in [-0.25, -0.2) is 4.79 Å². The van der Waals surface area contributed by atoms with Crippen LogP contribution >= 0.6 is 0 Å².